The molecule has 0 saturated heterocycles. The molecule has 2 heteroatoms. The van der Waals surface area contributed by atoms with Gasteiger partial charge in [-0.25, -0.2) is 0 Å². The monoisotopic (exact) mass is 170 g/mol. The Morgan fingerprint density at radius 2 is 1.67 bits per heavy atom. The normalized spacial score (nSPS) is 33.1. The lowest BCUT2D eigenvalue weighted by molar-refractivity contribution is -0.145. The maximum absolute atomic E-state index is 11.3. The third-order valence-corrected chi connectivity index (χ3v) is 2.83. The predicted molar refractivity (Wildman–Crippen MR) is 47.7 cm³/mol. The maximum Gasteiger partial charge on any atom is 0.309 e. The van der Waals surface area contributed by atoms with Crippen LogP contribution in [0.4, 0.5) is 0 Å². The molecule has 2 nitrogen and oxygen atoms in total. The van der Waals surface area contributed by atoms with Gasteiger partial charge >= 0.3 is 5.97 Å². The van der Waals surface area contributed by atoms with E-state index in [2.05, 4.69) is 13.8 Å². The van der Waals surface area contributed by atoms with E-state index in [0.717, 1.165) is 12.8 Å². The van der Waals surface area contributed by atoms with Gasteiger partial charge in [-0.05, 0) is 18.8 Å². The lowest BCUT2D eigenvalue weighted by atomic mass is 10.2. The molecule has 0 heterocycles. The molecule has 0 N–H and O–H groups in total. The third-order valence-electron chi connectivity index (χ3n) is 2.83. The lowest BCUT2D eigenvalue weighted by Crippen LogP contribution is -2.08. The van der Waals surface area contributed by atoms with Crippen LogP contribution >= 0.6 is 0 Å². The van der Waals surface area contributed by atoms with Crippen LogP contribution in [0, 0.1) is 17.8 Å². The molecular formula is C10H18O2. The summed E-state index contributed by atoms with van der Waals surface area (Å²) in [4.78, 5) is 11.3. The van der Waals surface area contributed by atoms with Crippen LogP contribution < -0.4 is 0 Å². The lowest BCUT2D eigenvalue weighted by Gasteiger charge is -1.98. The minimum atomic E-state index is 0.0243. The molecular weight excluding hydrogens is 152 g/mol. The Morgan fingerprint density at radius 1 is 1.17 bits per heavy atom. The molecule has 0 aromatic rings. The van der Waals surface area contributed by atoms with Gasteiger partial charge in [0.25, 0.3) is 0 Å². The maximum atomic E-state index is 11.3. The zero-order chi connectivity index (χ0) is 9.14. The highest BCUT2D eigenvalue weighted by atomic mass is 16.5. The van der Waals surface area contributed by atoms with Crippen molar-refractivity contribution in [1.82, 2.24) is 0 Å². The number of esters is 1. The first-order valence-corrected chi connectivity index (χ1v) is 4.92. The summed E-state index contributed by atoms with van der Waals surface area (Å²) >= 11 is 0. The second kappa shape index (κ2) is 3.92. The predicted octanol–water partition coefficient (Wildman–Crippen LogP) is 2.23. The van der Waals surface area contributed by atoms with Crippen LogP contribution in [0.5, 0.6) is 0 Å². The zero-order valence-electron chi connectivity index (χ0n) is 8.17. The Kier molecular flexibility index (Phi) is 3.12. The Bertz CT molecular complexity index is 155. The molecule has 0 aromatic heterocycles. The number of carbonyl (C=O) groups is 1. The van der Waals surface area contributed by atoms with Crippen molar-refractivity contribution < 1.29 is 9.53 Å². The van der Waals surface area contributed by atoms with Gasteiger partial charge in [0, 0.05) is 0 Å². The van der Waals surface area contributed by atoms with E-state index in [1.54, 1.807) is 0 Å². The van der Waals surface area contributed by atoms with Gasteiger partial charge in [0.1, 0.15) is 0 Å². The van der Waals surface area contributed by atoms with E-state index >= 15 is 0 Å². The van der Waals surface area contributed by atoms with Gasteiger partial charge < -0.3 is 4.74 Å². The average Bonchev–Trinajstić information content (AvgIpc) is 2.77. The van der Waals surface area contributed by atoms with Crippen LogP contribution in [0.3, 0.4) is 0 Å². The Labute approximate surface area is 74.3 Å². The highest BCUT2D eigenvalue weighted by Gasteiger charge is 2.52. The molecule has 0 aromatic carbocycles. The summed E-state index contributed by atoms with van der Waals surface area (Å²) in [5, 5.41) is 0. The minimum absolute atomic E-state index is 0.0243. The SMILES string of the molecule is CCOC(=O)C1C(CC)C1CC. The quantitative estimate of drug-likeness (QED) is 0.605. The summed E-state index contributed by atoms with van der Waals surface area (Å²) in [6, 6.07) is 0. The first kappa shape index (κ1) is 9.56. The van der Waals surface area contributed by atoms with E-state index in [4.69, 9.17) is 4.74 Å². The van der Waals surface area contributed by atoms with E-state index in [0.29, 0.717) is 18.4 Å². The summed E-state index contributed by atoms with van der Waals surface area (Å²) in [5.74, 6) is 1.46. The van der Waals surface area contributed by atoms with Crippen LogP contribution in [0.1, 0.15) is 33.6 Å². The van der Waals surface area contributed by atoms with Crippen molar-refractivity contribution in [2.45, 2.75) is 33.6 Å². The van der Waals surface area contributed by atoms with Gasteiger partial charge in [-0.1, -0.05) is 26.7 Å². The number of hydrogen-bond acceptors (Lipinski definition) is 2. The molecule has 1 saturated carbocycles. The van der Waals surface area contributed by atoms with Crippen molar-refractivity contribution in [2.24, 2.45) is 17.8 Å². The summed E-state index contributed by atoms with van der Waals surface area (Å²) in [6.07, 6.45) is 2.23. The fourth-order valence-corrected chi connectivity index (χ4v) is 2.15. The summed E-state index contributed by atoms with van der Waals surface area (Å²) in [6.45, 7) is 6.67. The Hall–Kier alpha value is -0.530. The standard InChI is InChI=1S/C10H18O2/c1-4-7-8(5-2)9(7)10(11)12-6-3/h7-9H,4-6H2,1-3H3. The minimum Gasteiger partial charge on any atom is -0.466 e. The zero-order valence-corrected chi connectivity index (χ0v) is 8.17. The molecule has 1 aliphatic carbocycles. The van der Waals surface area contributed by atoms with Crippen molar-refractivity contribution >= 4 is 5.97 Å². The van der Waals surface area contributed by atoms with Crippen molar-refractivity contribution in [3.05, 3.63) is 0 Å². The first-order chi connectivity index (χ1) is 5.76. The molecule has 12 heavy (non-hydrogen) atoms. The highest BCUT2D eigenvalue weighted by molar-refractivity contribution is 5.76. The molecule has 0 spiro atoms. The number of rotatable bonds is 4. The molecule has 2 unspecified atom stereocenters. The van der Waals surface area contributed by atoms with E-state index in [9.17, 15) is 4.79 Å². The van der Waals surface area contributed by atoms with Gasteiger partial charge in [-0.3, -0.25) is 4.79 Å². The van der Waals surface area contributed by atoms with E-state index in [-0.39, 0.29) is 11.9 Å². The number of ether oxygens (including phenoxy) is 1. The average molecular weight is 170 g/mol. The molecule has 1 aliphatic rings. The first-order valence-electron chi connectivity index (χ1n) is 4.92. The molecule has 0 amide bonds. The third kappa shape index (κ3) is 1.62. The Balaban J connectivity index is 2.39. The largest absolute Gasteiger partial charge is 0.466 e. The van der Waals surface area contributed by atoms with Crippen LogP contribution in [0.25, 0.3) is 0 Å². The second-order valence-electron chi connectivity index (χ2n) is 3.42. The van der Waals surface area contributed by atoms with E-state index in [1.807, 2.05) is 6.92 Å². The Morgan fingerprint density at radius 3 is 2.00 bits per heavy atom. The van der Waals surface area contributed by atoms with Gasteiger partial charge in [0.05, 0.1) is 12.5 Å². The summed E-state index contributed by atoms with van der Waals surface area (Å²) in [5.41, 5.74) is 0. The van der Waals surface area contributed by atoms with Gasteiger partial charge in [-0.15, -0.1) is 0 Å². The molecule has 0 radical (unpaired) electrons. The van der Waals surface area contributed by atoms with Gasteiger partial charge in [-0.2, -0.15) is 0 Å². The van der Waals surface area contributed by atoms with E-state index < -0.39 is 0 Å². The van der Waals surface area contributed by atoms with Crippen molar-refractivity contribution in [2.75, 3.05) is 6.61 Å². The molecule has 0 aliphatic heterocycles. The van der Waals surface area contributed by atoms with Crippen LogP contribution in [0.2, 0.25) is 0 Å². The molecule has 2 atom stereocenters. The number of hydrogen-bond donors (Lipinski definition) is 0. The fraction of sp³-hybridized carbons (Fsp3) is 0.900. The van der Waals surface area contributed by atoms with Crippen LogP contribution in [-0.4, -0.2) is 12.6 Å². The molecule has 1 fully saturated rings. The topological polar surface area (TPSA) is 26.3 Å². The van der Waals surface area contributed by atoms with Crippen molar-refractivity contribution in [3.63, 3.8) is 0 Å². The van der Waals surface area contributed by atoms with Crippen molar-refractivity contribution in [3.8, 4) is 0 Å². The molecule has 0 bridgehead atoms. The van der Waals surface area contributed by atoms with Crippen molar-refractivity contribution in [1.29, 1.82) is 0 Å². The van der Waals surface area contributed by atoms with Crippen LogP contribution in [0.15, 0.2) is 0 Å². The fourth-order valence-electron chi connectivity index (χ4n) is 2.15. The smallest absolute Gasteiger partial charge is 0.309 e. The summed E-state index contributed by atoms with van der Waals surface area (Å²) in [7, 11) is 0. The summed E-state index contributed by atoms with van der Waals surface area (Å²) < 4.78 is 4.99. The molecule has 1 rings (SSSR count). The number of carbonyl (C=O) groups excluding carboxylic acids is 1. The second-order valence-corrected chi connectivity index (χ2v) is 3.42. The van der Waals surface area contributed by atoms with Gasteiger partial charge in [0.2, 0.25) is 0 Å². The van der Waals surface area contributed by atoms with Gasteiger partial charge in [0.15, 0.2) is 0 Å². The van der Waals surface area contributed by atoms with E-state index in [1.165, 1.54) is 0 Å². The molecule has 70 valence electrons. The highest BCUT2D eigenvalue weighted by Crippen LogP contribution is 2.51. The van der Waals surface area contributed by atoms with Crippen LogP contribution in [-0.2, 0) is 9.53 Å².